The largest absolute Gasteiger partial charge is 0.416 e. The van der Waals surface area contributed by atoms with Gasteiger partial charge in [-0.2, -0.15) is 13.2 Å². The first-order valence-electron chi connectivity index (χ1n) is 6.93. The van der Waals surface area contributed by atoms with Crippen LogP contribution in [0.5, 0.6) is 0 Å². The minimum atomic E-state index is -4.43. The van der Waals surface area contributed by atoms with Crippen LogP contribution in [-0.4, -0.2) is 5.91 Å². The average molecular weight is 325 g/mol. The lowest BCUT2D eigenvalue weighted by atomic mass is 10.1. The number of hydrogen-bond acceptors (Lipinski definition) is 1. The van der Waals surface area contributed by atoms with E-state index in [0.29, 0.717) is 5.56 Å². The fourth-order valence-electron chi connectivity index (χ4n) is 2.12. The first kappa shape index (κ1) is 17.0. The van der Waals surface area contributed by atoms with Crippen LogP contribution in [0.2, 0.25) is 0 Å². The standard InChI is InChI=1S/C17H15F4NO/c1-11-7-13(5-6-15(11)18)10-22-16(23)9-12-3-2-4-14(8-12)17(19,20)21/h2-8H,9-10H2,1H3,(H,22,23). The molecule has 122 valence electrons. The van der Waals surface area contributed by atoms with Crippen LogP contribution in [0.15, 0.2) is 42.5 Å². The fraction of sp³-hybridized carbons (Fsp3) is 0.235. The monoisotopic (exact) mass is 325 g/mol. The smallest absolute Gasteiger partial charge is 0.352 e. The van der Waals surface area contributed by atoms with Gasteiger partial charge < -0.3 is 5.32 Å². The van der Waals surface area contributed by atoms with Crippen LogP contribution >= 0.6 is 0 Å². The van der Waals surface area contributed by atoms with E-state index >= 15 is 0 Å². The number of rotatable bonds is 4. The van der Waals surface area contributed by atoms with Crippen LogP contribution in [0, 0.1) is 12.7 Å². The van der Waals surface area contributed by atoms with Crippen molar-refractivity contribution in [3.05, 3.63) is 70.5 Å². The lowest BCUT2D eigenvalue weighted by Gasteiger charge is -2.09. The van der Waals surface area contributed by atoms with Gasteiger partial charge in [-0.15, -0.1) is 0 Å². The van der Waals surface area contributed by atoms with Gasteiger partial charge >= 0.3 is 6.18 Å². The van der Waals surface area contributed by atoms with Gasteiger partial charge in [-0.3, -0.25) is 4.79 Å². The maximum absolute atomic E-state index is 13.1. The van der Waals surface area contributed by atoms with Gasteiger partial charge in [0.05, 0.1) is 12.0 Å². The number of alkyl halides is 3. The lowest BCUT2D eigenvalue weighted by Crippen LogP contribution is -2.24. The lowest BCUT2D eigenvalue weighted by molar-refractivity contribution is -0.137. The van der Waals surface area contributed by atoms with Crippen molar-refractivity contribution in [1.29, 1.82) is 0 Å². The highest BCUT2D eigenvalue weighted by molar-refractivity contribution is 5.78. The Labute approximate surface area is 131 Å². The summed E-state index contributed by atoms with van der Waals surface area (Å²) >= 11 is 0. The van der Waals surface area contributed by atoms with Crippen molar-refractivity contribution in [3.8, 4) is 0 Å². The number of benzene rings is 2. The highest BCUT2D eigenvalue weighted by Crippen LogP contribution is 2.29. The molecule has 0 aliphatic carbocycles. The topological polar surface area (TPSA) is 29.1 Å². The van der Waals surface area contributed by atoms with Crippen molar-refractivity contribution in [2.24, 2.45) is 0 Å². The Morgan fingerprint density at radius 2 is 1.83 bits per heavy atom. The highest BCUT2D eigenvalue weighted by atomic mass is 19.4. The SMILES string of the molecule is Cc1cc(CNC(=O)Cc2cccc(C(F)(F)F)c2)ccc1F. The molecule has 0 saturated heterocycles. The van der Waals surface area contributed by atoms with E-state index < -0.39 is 17.6 Å². The van der Waals surface area contributed by atoms with Crippen LogP contribution in [0.3, 0.4) is 0 Å². The van der Waals surface area contributed by atoms with E-state index in [2.05, 4.69) is 5.32 Å². The van der Waals surface area contributed by atoms with Gasteiger partial charge in [0.25, 0.3) is 0 Å². The number of carbonyl (C=O) groups is 1. The Balaban J connectivity index is 1.96. The summed E-state index contributed by atoms with van der Waals surface area (Å²) in [5.41, 5.74) is 0.695. The molecule has 1 N–H and O–H groups in total. The van der Waals surface area contributed by atoms with Gasteiger partial charge in [-0.25, -0.2) is 4.39 Å². The first-order chi connectivity index (χ1) is 10.8. The fourth-order valence-corrected chi connectivity index (χ4v) is 2.12. The Hall–Kier alpha value is -2.37. The van der Waals surface area contributed by atoms with E-state index in [1.807, 2.05) is 0 Å². The first-order valence-corrected chi connectivity index (χ1v) is 6.93. The van der Waals surface area contributed by atoms with Gasteiger partial charge in [-0.1, -0.05) is 30.3 Å². The van der Waals surface area contributed by atoms with Crippen LogP contribution in [0.4, 0.5) is 17.6 Å². The van der Waals surface area contributed by atoms with Crippen molar-refractivity contribution in [2.75, 3.05) is 0 Å². The minimum absolute atomic E-state index is 0.149. The van der Waals surface area contributed by atoms with Crippen molar-refractivity contribution in [3.63, 3.8) is 0 Å². The summed E-state index contributed by atoms with van der Waals surface area (Å²) in [5.74, 6) is -0.727. The molecule has 0 fully saturated rings. The maximum atomic E-state index is 13.1. The van der Waals surface area contributed by atoms with E-state index in [4.69, 9.17) is 0 Å². The number of carbonyl (C=O) groups excluding carboxylic acids is 1. The molecule has 0 saturated carbocycles. The highest BCUT2D eigenvalue weighted by Gasteiger charge is 2.30. The molecule has 0 spiro atoms. The summed E-state index contributed by atoms with van der Waals surface area (Å²) in [4.78, 5) is 11.8. The van der Waals surface area contributed by atoms with E-state index in [0.717, 1.165) is 17.7 Å². The molecule has 23 heavy (non-hydrogen) atoms. The van der Waals surface area contributed by atoms with Gasteiger partial charge in [0.15, 0.2) is 0 Å². The van der Waals surface area contributed by atoms with Crippen molar-refractivity contribution >= 4 is 5.91 Å². The number of aryl methyl sites for hydroxylation is 1. The molecule has 2 nitrogen and oxygen atoms in total. The second-order valence-corrected chi connectivity index (χ2v) is 5.24. The summed E-state index contributed by atoms with van der Waals surface area (Å²) < 4.78 is 51.0. The summed E-state index contributed by atoms with van der Waals surface area (Å²) in [5, 5.41) is 2.61. The Morgan fingerprint density at radius 1 is 1.09 bits per heavy atom. The van der Waals surface area contributed by atoms with Crippen LogP contribution in [0.25, 0.3) is 0 Å². The average Bonchev–Trinajstić information content (AvgIpc) is 2.48. The number of amides is 1. The maximum Gasteiger partial charge on any atom is 0.416 e. The molecule has 0 bridgehead atoms. The van der Waals surface area contributed by atoms with E-state index in [9.17, 15) is 22.4 Å². The Bertz CT molecular complexity index is 710. The van der Waals surface area contributed by atoms with Gasteiger partial charge in [0.2, 0.25) is 5.91 Å². The third kappa shape index (κ3) is 4.81. The number of nitrogens with one attached hydrogen (secondary N) is 1. The number of hydrogen-bond donors (Lipinski definition) is 1. The minimum Gasteiger partial charge on any atom is -0.352 e. The second-order valence-electron chi connectivity index (χ2n) is 5.24. The quantitative estimate of drug-likeness (QED) is 0.846. The van der Waals surface area contributed by atoms with E-state index in [1.165, 1.54) is 18.2 Å². The molecule has 0 unspecified atom stereocenters. The molecular weight excluding hydrogens is 310 g/mol. The van der Waals surface area contributed by atoms with E-state index in [-0.39, 0.29) is 24.3 Å². The summed E-state index contributed by atoms with van der Waals surface area (Å²) in [6, 6.07) is 9.13. The predicted molar refractivity (Wildman–Crippen MR) is 78.1 cm³/mol. The molecule has 1 amide bonds. The molecule has 0 aromatic heterocycles. The van der Waals surface area contributed by atoms with Crippen molar-refractivity contribution in [1.82, 2.24) is 5.32 Å². The Morgan fingerprint density at radius 3 is 2.48 bits per heavy atom. The molecule has 0 radical (unpaired) electrons. The van der Waals surface area contributed by atoms with Crippen molar-refractivity contribution < 1.29 is 22.4 Å². The summed E-state index contributed by atoms with van der Waals surface area (Å²) in [6.07, 6.45) is -4.58. The van der Waals surface area contributed by atoms with Crippen LogP contribution in [-0.2, 0) is 23.9 Å². The number of halogens is 4. The molecular formula is C17H15F4NO. The molecule has 0 aliphatic heterocycles. The zero-order valence-electron chi connectivity index (χ0n) is 12.4. The molecule has 0 atom stereocenters. The second kappa shape index (κ2) is 6.81. The van der Waals surface area contributed by atoms with E-state index in [1.54, 1.807) is 19.1 Å². The third-order valence-corrected chi connectivity index (χ3v) is 3.33. The molecule has 0 heterocycles. The molecule has 2 aromatic carbocycles. The van der Waals surface area contributed by atoms with Gasteiger partial charge in [-0.05, 0) is 35.7 Å². The van der Waals surface area contributed by atoms with Crippen molar-refractivity contribution in [2.45, 2.75) is 26.1 Å². The molecule has 2 rings (SSSR count). The summed E-state index contributed by atoms with van der Waals surface area (Å²) in [7, 11) is 0. The summed E-state index contributed by atoms with van der Waals surface area (Å²) in [6.45, 7) is 1.81. The van der Waals surface area contributed by atoms with Crippen LogP contribution < -0.4 is 5.32 Å². The zero-order chi connectivity index (χ0) is 17.0. The van der Waals surface area contributed by atoms with Crippen LogP contribution in [0.1, 0.15) is 22.3 Å². The zero-order valence-corrected chi connectivity index (χ0v) is 12.4. The van der Waals surface area contributed by atoms with Gasteiger partial charge in [0.1, 0.15) is 5.82 Å². The third-order valence-electron chi connectivity index (χ3n) is 3.33. The molecule has 0 aliphatic rings. The Kier molecular flexibility index (Phi) is 5.03. The predicted octanol–water partition coefficient (Wildman–Crippen LogP) is 4.01. The van der Waals surface area contributed by atoms with Gasteiger partial charge in [0, 0.05) is 6.54 Å². The normalized spacial score (nSPS) is 11.3. The molecule has 6 heteroatoms. The molecule has 2 aromatic rings.